The molecule has 0 saturated carbocycles. The molecule has 1 heterocycles. The SMILES string of the molecule is CCCCCCCCCCCCCCCCCCCCCCCCCCCCCCCC/C=C/C(O)C(COC1OC(CO)C(O)C(O)C1O)NC(=O)CCCCCCCCCCCCCCC. The number of hydrogen-bond donors (Lipinski definition) is 6. The van der Waals surface area contributed by atoms with Crippen LogP contribution in [0.4, 0.5) is 0 Å². The predicted octanol–water partition coefficient (Wildman–Crippen LogP) is 14.8. The van der Waals surface area contributed by atoms with Gasteiger partial charge in [-0.2, -0.15) is 0 Å². The maximum Gasteiger partial charge on any atom is 0.220 e. The van der Waals surface area contributed by atoms with Gasteiger partial charge in [0.1, 0.15) is 24.4 Å². The van der Waals surface area contributed by atoms with E-state index in [1.165, 1.54) is 244 Å². The van der Waals surface area contributed by atoms with Gasteiger partial charge in [-0.05, 0) is 19.3 Å². The topological polar surface area (TPSA) is 149 Å². The third kappa shape index (κ3) is 38.6. The van der Waals surface area contributed by atoms with E-state index >= 15 is 0 Å². The molecule has 68 heavy (non-hydrogen) atoms. The van der Waals surface area contributed by atoms with Crippen molar-refractivity contribution in [1.82, 2.24) is 5.32 Å². The fourth-order valence-electron chi connectivity index (χ4n) is 9.87. The highest BCUT2D eigenvalue weighted by molar-refractivity contribution is 5.76. The zero-order valence-electron chi connectivity index (χ0n) is 44.9. The Bertz CT molecular complexity index is 1080. The Balaban J connectivity index is 2.12. The van der Waals surface area contributed by atoms with Gasteiger partial charge in [-0.1, -0.05) is 289 Å². The molecule has 9 nitrogen and oxygen atoms in total. The van der Waals surface area contributed by atoms with Gasteiger partial charge in [-0.15, -0.1) is 0 Å². The van der Waals surface area contributed by atoms with Gasteiger partial charge in [-0.3, -0.25) is 4.79 Å². The number of aliphatic hydroxyl groups excluding tert-OH is 5. The van der Waals surface area contributed by atoms with Crippen LogP contribution in [0.15, 0.2) is 12.2 Å². The summed E-state index contributed by atoms with van der Waals surface area (Å²) in [5.74, 6) is -0.172. The number of allylic oxidation sites excluding steroid dienone is 1. The van der Waals surface area contributed by atoms with E-state index in [9.17, 15) is 30.3 Å². The van der Waals surface area contributed by atoms with Crippen molar-refractivity contribution in [3.05, 3.63) is 12.2 Å². The summed E-state index contributed by atoms with van der Waals surface area (Å²) in [6.07, 6.45) is 54.5. The van der Waals surface area contributed by atoms with E-state index in [0.717, 1.165) is 38.5 Å². The Morgan fingerprint density at radius 2 is 0.809 bits per heavy atom. The van der Waals surface area contributed by atoms with Crippen molar-refractivity contribution in [2.24, 2.45) is 0 Å². The molecule has 7 unspecified atom stereocenters. The van der Waals surface area contributed by atoms with Gasteiger partial charge < -0.3 is 40.3 Å². The van der Waals surface area contributed by atoms with E-state index < -0.39 is 49.5 Å². The number of unbranched alkanes of at least 4 members (excludes halogenated alkanes) is 42. The Kier molecular flexibility index (Phi) is 47.3. The standard InChI is InChI=1S/C59H115NO8/c1-3-5-7-9-11-13-15-17-18-19-20-21-22-23-24-25-26-27-28-29-30-31-32-33-34-35-37-38-40-42-44-46-48-53(62)52(51-67-59-58(66)57(65)56(64)54(50-61)68-59)60-55(63)49-47-45-43-41-39-36-16-14-12-10-8-6-4-2/h46,48,52-54,56-59,61-62,64-66H,3-45,47,49-51H2,1-2H3,(H,60,63)/b48-46+. The van der Waals surface area contributed by atoms with Crippen LogP contribution < -0.4 is 5.32 Å². The molecule has 9 heteroatoms. The molecule has 1 amide bonds. The van der Waals surface area contributed by atoms with Crippen LogP contribution in [0.2, 0.25) is 0 Å². The summed E-state index contributed by atoms with van der Waals surface area (Å²) in [6, 6.07) is -0.800. The van der Waals surface area contributed by atoms with Gasteiger partial charge >= 0.3 is 0 Å². The molecule has 1 fully saturated rings. The number of rotatable bonds is 52. The molecule has 0 spiro atoms. The van der Waals surface area contributed by atoms with Gasteiger partial charge in [0.25, 0.3) is 0 Å². The van der Waals surface area contributed by atoms with Crippen molar-refractivity contribution in [1.29, 1.82) is 0 Å². The molecule has 0 aromatic rings. The van der Waals surface area contributed by atoms with E-state index in [0.29, 0.717) is 6.42 Å². The van der Waals surface area contributed by atoms with Crippen LogP contribution in [0.5, 0.6) is 0 Å². The lowest BCUT2D eigenvalue weighted by molar-refractivity contribution is -0.302. The Labute approximate surface area is 420 Å². The van der Waals surface area contributed by atoms with Crippen molar-refractivity contribution in [2.75, 3.05) is 13.2 Å². The third-order valence-electron chi connectivity index (χ3n) is 14.6. The van der Waals surface area contributed by atoms with Crippen LogP contribution in [0, 0.1) is 0 Å². The smallest absolute Gasteiger partial charge is 0.220 e. The first-order chi connectivity index (χ1) is 33.3. The summed E-state index contributed by atoms with van der Waals surface area (Å²) >= 11 is 0. The predicted molar refractivity (Wildman–Crippen MR) is 286 cm³/mol. The number of carbonyl (C=O) groups is 1. The van der Waals surface area contributed by atoms with Crippen LogP contribution in [0.25, 0.3) is 0 Å². The maximum absolute atomic E-state index is 13.0. The molecule has 0 bridgehead atoms. The van der Waals surface area contributed by atoms with Crippen molar-refractivity contribution in [2.45, 2.75) is 346 Å². The Morgan fingerprint density at radius 1 is 0.485 bits per heavy atom. The largest absolute Gasteiger partial charge is 0.394 e. The van der Waals surface area contributed by atoms with Crippen LogP contribution in [0.1, 0.15) is 303 Å². The molecule has 1 saturated heterocycles. The molecule has 0 radical (unpaired) electrons. The van der Waals surface area contributed by atoms with Crippen LogP contribution in [-0.2, 0) is 14.3 Å². The summed E-state index contributed by atoms with van der Waals surface area (Å²) in [5, 5.41) is 54.4. The van der Waals surface area contributed by atoms with Crippen molar-refractivity contribution < 1.29 is 39.8 Å². The molecular formula is C59H115NO8. The maximum atomic E-state index is 13.0. The molecule has 0 aromatic carbocycles. The minimum atomic E-state index is -1.56. The van der Waals surface area contributed by atoms with Gasteiger partial charge in [0.15, 0.2) is 6.29 Å². The highest BCUT2D eigenvalue weighted by atomic mass is 16.7. The average Bonchev–Trinajstić information content (AvgIpc) is 3.34. The van der Waals surface area contributed by atoms with E-state index in [1.54, 1.807) is 6.08 Å². The Hall–Kier alpha value is -1.07. The van der Waals surface area contributed by atoms with Gasteiger partial charge in [0.05, 0.1) is 25.4 Å². The van der Waals surface area contributed by atoms with E-state index in [1.807, 2.05) is 6.08 Å². The zero-order chi connectivity index (χ0) is 49.4. The minimum absolute atomic E-state index is 0.172. The summed E-state index contributed by atoms with van der Waals surface area (Å²) < 4.78 is 11.3. The number of carbonyl (C=O) groups excluding carboxylic acids is 1. The summed E-state index contributed by atoms with van der Waals surface area (Å²) in [7, 11) is 0. The van der Waals surface area contributed by atoms with Crippen LogP contribution >= 0.6 is 0 Å². The quantitative estimate of drug-likeness (QED) is 0.0261. The first kappa shape index (κ1) is 64.9. The molecule has 1 aliphatic heterocycles. The highest BCUT2D eigenvalue weighted by Gasteiger charge is 2.44. The zero-order valence-corrected chi connectivity index (χ0v) is 44.9. The fraction of sp³-hybridized carbons (Fsp3) is 0.949. The van der Waals surface area contributed by atoms with Gasteiger partial charge in [-0.25, -0.2) is 0 Å². The summed E-state index contributed by atoms with van der Waals surface area (Å²) in [5.41, 5.74) is 0. The Morgan fingerprint density at radius 3 is 1.15 bits per heavy atom. The van der Waals surface area contributed by atoms with Gasteiger partial charge in [0, 0.05) is 6.42 Å². The first-order valence-corrected chi connectivity index (χ1v) is 29.9. The molecule has 1 rings (SSSR count). The first-order valence-electron chi connectivity index (χ1n) is 29.9. The molecule has 6 N–H and O–H groups in total. The lowest BCUT2D eigenvalue weighted by Crippen LogP contribution is -2.60. The molecule has 1 aliphatic rings. The van der Waals surface area contributed by atoms with E-state index in [4.69, 9.17) is 9.47 Å². The highest BCUT2D eigenvalue weighted by Crippen LogP contribution is 2.23. The normalized spacial score (nSPS) is 19.5. The lowest BCUT2D eigenvalue weighted by Gasteiger charge is -2.40. The second-order valence-corrected chi connectivity index (χ2v) is 21.2. The second kappa shape index (κ2) is 49.5. The number of ether oxygens (including phenoxy) is 2. The lowest BCUT2D eigenvalue weighted by atomic mass is 9.99. The summed E-state index contributed by atoms with van der Waals surface area (Å²) in [4.78, 5) is 13.0. The average molecular weight is 967 g/mol. The van der Waals surface area contributed by atoms with Crippen LogP contribution in [0.3, 0.4) is 0 Å². The molecule has 0 aromatic heterocycles. The molecule has 0 aliphatic carbocycles. The van der Waals surface area contributed by atoms with Crippen molar-refractivity contribution in [3.63, 3.8) is 0 Å². The van der Waals surface area contributed by atoms with Crippen LogP contribution in [-0.4, -0.2) is 87.5 Å². The fourth-order valence-corrected chi connectivity index (χ4v) is 9.87. The van der Waals surface area contributed by atoms with Crippen molar-refractivity contribution >= 4 is 5.91 Å². The third-order valence-corrected chi connectivity index (χ3v) is 14.6. The molecular weight excluding hydrogens is 851 g/mol. The van der Waals surface area contributed by atoms with Crippen molar-refractivity contribution in [3.8, 4) is 0 Å². The van der Waals surface area contributed by atoms with Gasteiger partial charge in [0.2, 0.25) is 5.91 Å². The number of amides is 1. The second-order valence-electron chi connectivity index (χ2n) is 21.2. The van der Waals surface area contributed by atoms with E-state index in [-0.39, 0.29) is 12.5 Å². The molecule has 7 atom stereocenters. The monoisotopic (exact) mass is 966 g/mol. The molecule has 404 valence electrons. The summed E-state index contributed by atoms with van der Waals surface area (Å²) in [6.45, 7) is 3.81. The van der Waals surface area contributed by atoms with E-state index in [2.05, 4.69) is 19.2 Å². The number of aliphatic hydroxyl groups is 5. The number of hydrogen-bond acceptors (Lipinski definition) is 8. The number of nitrogens with one attached hydrogen (secondary N) is 1. The minimum Gasteiger partial charge on any atom is -0.394 e.